The van der Waals surface area contributed by atoms with E-state index in [4.69, 9.17) is 20.3 Å². The highest BCUT2D eigenvalue weighted by Crippen LogP contribution is 2.72. The Morgan fingerprint density at radius 3 is 2.25 bits per heavy atom. The van der Waals surface area contributed by atoms with E-state index in [1.165, 1.54) is 0 Å². The van der Waals surface area contributed by atoms with E-state index in [0.29, 0.717) is 0 Å². The fourth-order valence-corrected chi connectivity index (χ4v) is 11.4. The van der Waals surface area contributed by atoms with Crippen molar-refractivity contribution < 1.29 is 13.6 Å². The molecule has 9 heteroatoms. The molecule has 24 heavy (non-hydrogen) atoms. The molecule has 1 aromatic rings. The lowest BCUT2D eigenvalue weighted by Gasteiger charge is -2.26. The lowest BCUT2D eigenvalue weighted by atomic mass is 10.3. The second kappa shape index (κ2) is 8.53. The first kappa shape index (κ1) is 20.2. The van der Waals surface area contributed by atoms with Crippen LogP contribution in [0, 0.1) is 0 Å². The molecule has 2 rings (SSSR count). The summed E-state index contributed by atoms with van der Waals surface area (Å²) in [5.74, 6) is 0. The maximum atomic E-state index is 13.1. The SMILES string of the molecule is CC1=NN(c2ccccc2)P(Cl)C1SP(=O)(OC(C)C)OC(C)C. The van der Waals surface area contributed by atoms with Crippen LogP contribution in [-0.4, -0.2) is 22.9 Å². The maximum Gasteiger partial charge on any atom is 0.390 e. The third kappa shape index (κ3) is 5.20. The zero-order chi connectivity index (χ0) is 17.9. The van der Waals surface area contributed by atoms with Crippen LogP contribution in [0.4, 0.5) is 5.69 Å². The van der Waals surface area contributed by atoms with Crippen molar-refractivity contribution in [2.24, 2.45) is 5.10 Å². The van der Waals surface area contributed by atoms with Crippen molar-refractivity contribution in [1.29, 1.82) is 0 Å². The predicted molar refractivity (Wildman–Crippen MR) is 106 cm³/mol. The summed E-state index contributed by atoms with van der Waals surface area (Å²) in [6.07, 6.45) is -0.403. The number of halogens is 1. The van der Waals surface area contributed by atoms with E-state index in [1.54, 1.807) is 4.78 Å². The van der Waals surface area contributed by atoms with Crippen LogP contribution in [0.2, 0.25) is 0 Å². The van der Waals surface area contributed by atoms with Crippen LogP contribution in [0.1, 0.15) is 34.6 Å². The largest absolute Gasteiger partial charge is 0.390 e. The number of benzene rings is 1. The van der Waals surface area contributed by atoms with Crippen LogP contribution in [0.3, 0.4) is 0 Å². The highest BCUT2D eigenvalue weighted by Gasteiger charge is 2.43. The molecule has 134 valence electrons. The predicted octanol–water partition coefficient (Wildman–Crippen LogP) is 6.45. The first-order chi connectivity index (χ1) is 11.2. The number of hydrogen-bond acceptors (Lipinski definition) is 6. The Morgan fingerprint density at radius 2 is 1.75 bits per heavy atom. The van der Waals surface area contributed by atoms with E-state index >= 15 is 0 Å². The van der Waals surface area contributed by atoms with Gasteiger partial charge in [0.05, 0.1) is 23.6 Å². The quantitative estimate of drug-likeness (QED) is 0.485. The molecule has 0 radical (unpaired) electrons. The van der Waals surface area contributed by atoms with Crippen molar-refractivity contribution in [3.63, 3.8) is 0 Å². The molecule has 1 aliphatic heterocycles. The van der Waals surface area contributed by atoms with Crippen LogP contribution < -0.4 is 4.78 Å². The Hall–Kier alpha value is -0.0900. The van der Waals surface area contributed by atoms with Gasteiger partial charge in [0.1, 0.15) is 12.4 Å². The van der Waals surface area contributed by atoms with Gasteiger partial charge in [-0.15, -0.1) is 0 Å². The molecule has 0 saturated heterocycles. The molecular weight excluding hydrogens is 386 g/mol. The van der Waals surface area contributed by atoms with Gasteiger partial charge in [0, 0.05) is 0 Å². The number of hydrogen-bond donors (Lipinski definition) is 0. The topological polar surface area (TPSA) is 51.1 Å². The minimum Gasteiger partial charge on any atom is -0.298 e. The van der Waals surface area contributed by atoms with Crippen molar-refractivity contribution in [2.75, 3.05) is 4.78 Å². The molecule has 5 nitrogen and oxygen atoms in total. The molecular formula is C15H23ClN2O3P2S. The summed E-state index contributed by atoms with van der Waals surface area (Å²) in [6.45, 7) is 5.92. The first-order valence-corrected chi connectivity index (χ1v) is 13.0. The average Bonchev–Trinajstić information content (AvgIpc) is 2.74. The third-order valence-corrected chi connectivity index (χ3v) is 11.2. The van der Waals surface area contributed by atoms with E-state index in [9.17, 15) is 4.57 Å². The van der Waals surface area contributed by atoms with E-state index in [0.717, 1.165) is 22.8 Å². The van der Waals surface area contributed by atoms with Crippen LogP contribution >= 0.6 is 36.8 Å². The van der Waals surface area contributed by atoms with Gasteiger partial charge >= 0.3 is 6.80 Å². The number of nitrogens with zero attached hydrogens (tertiary/aromatic N) is 2. The Morgan fingerprint density at radius 1 is 1.21 bits per heavy atom. The smallest absolute Gasteiger partial charge is 0.298 e. The number of para-hydroxylation sites is 1. The minimum absolute atomic E-state index is 0.201. The number of anilines is 1. The van der Waals surface area contributed by atoms with Crippen LogP contribution in [0.5, 0.6) is 0 Å². The highest BCUT2D eigenvalue weighted by atomic mass is 35.7. The Bertz CT molecular complexity index is 616. The number of rotatable bonds is 7. The summed E-state index contributed by atoms with van der Waals surface area (Å²) >= 11 is 7.84. The fraction of sp³-hybridized carbons (Fsp3) is 0.533. The molecule has 1 aromatic carbocycles. The summed E-state index contributed by atoms with van der Waals surface area (Å²) in [5.41, 5.74) is 1.75. The van der Waals surface area contributed by atoms with Gasteiger partial charge < -0.3 is 0 Å². The van der Waals surface area contributed by atoms with E-state index in [-0.39, 0.29) is 17.2 Å². The summed E-state index contributed by atoms with van der Waals surface area (Å²) in [4.78, 5) is -0.217. The Kier molecular flexibility index (Phi) is 7.19. The molecule has 2 unspecified atom stereocenters. The Balaban J connectivity index is 2.19. The Labute approximate surface area is 154 Å². The fourth-order valence-electron chi connectivity index (χ4n) is 2.05. The lowest BCUT2D eigenvalue weighted by Crippen LogP contribution is -2.12. The van der Waals surface area contributed by atoms with Crippen molar-refractivity contribution in [3.8, 4) is 0 Å². The van der Waals surface area contributed by atoms with Crippen molar-refractivity contribution >= 4 is 48.2 Å². The van der Waals surface area contributed by atoms with Crippen molar-refractivity contribution in [3.05, 3.63) is 30.3 Å². The molecule has 0 aliphatic carbocycles. The van der Waals surface area contributed by atoms with Crippen LogP contribution in [-0.2, 0) is 13.6 Å². The average molecular weight is 409 g/mol. The van der Waals surface area contributed by atoms with Crippen molar-refractivity contribution in [2.45, 2.75) is 51.8 Å². The standard InChI is InChI=1S/C15H23ClN2O3P2S/c1-11(2)20-23(19,21-12(3)4)24-15-13(5)17-18(22(15)16)14-9-7-6-8-10-14/h6-12,15H,1-5H3. The number of hydrazone groups is 1. The molecule has 0 fully saturated rings. The van der Waals surface area contributed by atoms with Gasteiger partial charge in [-0.25, -0.2) is 9.34 Å². The van der Waals surface area contributed by atoms with Crippen molar-refractivity contribution in [1.82, 2.24) is 0 Å². The van der Waals surface area contributed by atoms with Gasteiger partial charge in [0.15, 0.2) is 0 Å². The normalized spacial score (nSPS) is 21.7. The monoisotopic (exact) mass is 408 g/mol. The van der Waals surface area contributed by atoms with Crippen LogP contribution in [0.15, 0.2) is 35.4 Å². The lowest BCUT2D eigenvalue weighted by molar-refractivity contribution is 0.156. The molecule has 1 heterocycles. The third-order valence-electron chi connectivity index (χ3n) is 2.88. The summed E-state index contributed by atoms with van der Waals surface area (Å²) < 4.78 is 26.2. The van der Waals surface area contributed by atoms with E-state index in [2.05, 4.69) is 5.10 Å². The van der Waals surface area contributed by atoms with Gasteiger partial charge in [-0.1, -0.05) is 29.4 Å². The van der Waals surface area contributed by atoms with Gasteiger partial charge in [-0.3, -0.25) is 9.05 Å². The minimum atomic E-state index is -3.33. The van der Waals surface area contributed by atoms with Gasteiger partial charge in [-0.2, -0.15) is 5.10 Å². The maximum absolute atomic E-state index is 13.1. The molecule has 0 amide bonds. The van der Waals surface area contributed by atoms with Crippen LogP contribution in [0.25, 0.3) is 0 Å². The molecule has 1 aliphatic rings. The summed E-state index contributed by atoms with van der Waals surface area (Å²) in [6, 6.07) is 9.73. The van der Waals surface area contributed by atoms with Gasteiger partial charge in [-0.05, 0) is 58.1 Å². The summed E-state index contributed by atoms with van der Waals surface area (Å²) in [7, 11) is -1.19. The molecule has 2 atom stereocenters. The molecule has 0 saturated carbocycles. The second-order valence-electron chi connectivity index (χ2n) is 5.87. The molecule has 0 aromatic heterocycles. The molecule has 0 N–H and O–H groups in total. The van der Waals surface area contributed by atoms with E-state index < -0.39 is 14.2 Å². The summed E-state index contributed by atoms with van der Waals surface area (Å²) in [5, 5.41) is 4.56. The van der Waals surface area contributed by atoms with Gasteiger partial charge in [0.25, 0.3) is 0 Å². The highest BCUT2D eigenvalue weighted by molar-refractivity contribution is 8.57. The van der Waals surface area contributed by atoms with E-state index in [1.807, 2.05) is 65.0 Å². The molecule has 0 bridgehead atoms. The second-order valence-corrected chi connectivity index (χ2v) is 12.7. The zero-order valence-corrected chi connectivity index (χ0v) is 17.8. The molecule has 0 spiro atoms. The zero-order valence-electron chi connectivity index (χ0n) is 14.4. The first-order valence-electron chi connectivity index (χ1n) is 7.72. The van der Waals surface area contributed by atoms with Gasteiger partial charge in [0.2, 0.25) is 0 Å².